The second-order valence-electron chi connectivity index (χ2n) is 8.75. The highest BCUT2D eigenvalue weighted by molar-refractivity contribution is 5.92. The maximum Gasteiger partial charge on any atom is 0.319 e. The number of esters is 1. The van der Waals surface area contributed by atoms with Crippen LogP contribution < -0.4 is 4.74 Å². The van der Waals surface area contributed by atoms with Crippen molar-refractivity contribution in [2.75, 3.05) is 27.3 Å². The molecule has 1 aliphatic carbocycles. The normalized spacial score (nSPS) is 34.6. The third-order valence-corrected chi connectivity index (χ3v) is 7.39. The molecule has 6 atom stereocenters. The van der Waals surface area contributed by atoms with Gasteiger partial charge in [0.2, 0.25) is 0 Å². The molecule has 2 saturated heterocycles. The van der Waals surface area contributed by atoms with Crippen LogP contribution >= 0.6 is 0 Å². The first-order valence-corrected chi connectivity index (χ1v) is 10.2. The number of aromatic amines is 1. The van der Waals surface area contributed by atoms with E-state index in [0.29, 0.717) is 5.92 Å². The predicted octanol–water partition coefficient (Wildman–Crippen LogP) is 2.23. The van der Waals surface area contributed by atoms with Gasteiger partial charge in [0.1, 0.15) is 11.2 Å². The molecule has 150 valence electrons. The number of benzene rings is 1. The number of hydrogen-bond donors (Lipinski definition) is 2. The fourth-order valence-corrected chi connectivity index (χ4v) is 6.39. The van der Waals surface area contributed by atoms with Crippen LogP contribution in [0.4, 0.5) is 0 Å². The van der Waals surface area contributed by atoms with Gasteiger partial charge in [0.05, 0.1) is 20.3 Å². The van der Waals surface area contributed by atoms with Gasteiger partial charge in [0.15, 0.2) is 0 Å². The van der Waals surface area contributed by atoms with Crippen LogP contribution in [0.25, 0.3) is 10.9 Å². The molecule has 4 aliphatic rings. The molecule has 2 N–H and O–H groups in total. The van der Waals surface area contributed by atoms with Gasteiger partial charge in [-0.15, -0.1) is 0 Å². The van der Waals surface area contributed by atoms with E-state index in [1.807, 2.05) is 19.1 Å². The highest BCUT2D eigenvalue weighted by atomic mass is 16.5. The quantitative estimate of drug-likeness (QED) is 0.794. The minimum atomic E-state index is -0.754. The molecule has 3 aliphatic heterocycles. The Hall–Kier alpha value is -2.05. The zero-order chi connectivity index (χ0) is 19.6. The van der Waals surface area contributed by atoms with Gasteiger partial charge in [0.25, 0.3) is 0 Å². The molecule has 0 spiro atoms. The number of carbonyl (C=O) groups excluding carboxylic acids is 1. The summed E-state index contributed by atoms with van der Waals surface area (Å²) in [5.41, 5.74) is 2.44. The molecule has 28 heavy (non-hydrogen) atoms. The number of fused-ring (bicyclic) bond motifs is 4. The van der Waals surface area contributed by atoms with Crippen molar-refractivity contribution in [3.8, 4) is 5.75 Å². The molecule has 0 radical (unpaired) electrons. The maximum atomic E-state index is 13.4. The topological polar surface area (TPSA) is 74.8 Å². The molecule has 6 nitrogen and oxygen atoms in total. The predicted molar refractivity (Wildman–Crippen MR) is 106 cm³/mol. The third kappa shape index (κ3) is 2.25. The molecule has 1 unspecified atom stereocenters. The van der Waals surface area contributed by atoms with Crippen LogP contribution in [0, 0.1) is 11.8 Å². The van der Waals surface area contributed by atoms with Crippen LogP contribution in [0.1, 0.15) is 31.0 Å². The molecule has 6 heteroatoms. The zero-order valence-corrected chi connectivity index (χ0v) is 16.7. The summed E-state index contributed by atoms with van der Waals surface area (Å²) < 4.78 is 10.8. The van der Waals surface area contributed by atoms with Crippen LogP contribution in [-0.2, 0) is 21.4 Å². The number of rotatable bonds is 3. The smallest absolute Gasteiger partial charge is 0.319 e. The van der Waals surface area contributed by atoms with Gasteiger partial charge < -0.3 is 19.6 Å². The number of nitrogens with zero attached hydrogens (tertiary/aromatic N) is 1. The number of hydrogen-bond acceptors (Lipinski definition) is 5. The summed E-state index contributed by atoms with van der Waals surface area (Å²) in [6.45, 7) is 3.76. The third-order valence-electron chi connectivity index (χ3n) is 7.39. The van der Waals surface area contributed by atoms with Crippen LogP contribution in [0.3, 0.4) is 0 Å². The number of H-pyrrole nitrogens is 1. The Bertz CT molecular complexity index is 936. The van der Waals surface area contributed by atoms with E-state index in [2.05, 4.69) is 16.0 Å². The molecule has 6 rings (SSSR count). The summed E-state index contributed by atoms with van der Waals surface area (Å²) in [6.07, 6.45) is 2.18. The van der Waals surface area contributed by atoms with E-state index in [1.54, 1.807) is 7.11 Å². The van der Waals surface area contributed by atoms with Gasteiger partial charge >= 0.3 is 5.97 Å². The van der Waals surface area contributed by atoms with Gasteiger partial charge in [0, 0.05) is 47.7 Å². The lowest BCUT2D eigenvalue weighted by Crippen LogP contribution is -2.68. The SMILES string of the molecule is COC(=O)[C@@]12C[C@H]3C[C@H]([C@H](C)O)[C@@H]1N(CCc1c2[nH]c2cc(OC)ccc12)C3. The molecule has 0 amide bonds. The largest absolute Gasteiger partial charge is 0.497 e. The van der Waals surface area contributed by atoms with E-state index in [9.17, 15) is 9.90 Å². The Kier molecular flexibility index (Phi) is 4.00. The first kappa shape index (κ1) is 18.0. The zero-order valence-electron chi connectivity index (χ0n) is 16.7. The molecular formula is C22H28N2O4. The number of carbonyl (C=O) groups is 1. The summed E-state index contributed by atoms with van der Waals surface area (Å²) in [7, 11) is 3.15. The van der Waals surface area contributed by atoms with Crippen molar-refractivity contribution in [2.45, 2.75) is 43.7 Å². The molecule has 4 bridgehead atoms. The molecule has 2 aromatic rings. The standard InChI is InChI=1S/C22H28N2O4/c1-12(25)17-8-13-10-22(21(26)28-3)19-16(6-7-24(11-13)20(17)22)15-5-4-14(27-2)9-18(15)23-19/h4-5,9,12-13,17,20,23,25H,6-8,10-11H2,1-3H3/t12-,13+,17+,20-,22+/m0/s1. The molecule has 3 fully saturated rings. The number of nitrogens with one attached hydrogen (secondary N) is 1. The van der Waals surface area contributed by atoms with Crippen LogP contribution in [-0.4, -0.2) is 60.4 Å². The lowest BCUT2D eigenvalue weighted by atomic mass is 9.56. The average molecular weight is 384 g/mol. The number of piperidine rings is 2. The van der Waals surface area contributed by atoms with Crippen molar-refractivity contribution in [3.05, 3.63) is 29.5 Å². The summed E-state index contributed by atoms with van der Waals surface area (Å²) >= 11 is 0. The Morgan fingerprint density at radius 3 is 2.93 bits per heavy atom. The van der Waals surface area contributed by atoms with E-state index in [1.165, 1.54) is 12.7 Å². The Labute approximate surface area is 164 Å². The van der Waals surface area contributed by atoms with E-state index >= 15 is 0 Å². The van der Waals surface area contributed by atoms with E-state index in [4.69, 9.17) is 9.47 Å². The second kappa shape index (κ2) is 6.22. The summed E-state index contributed by atoms with van der Waals surface area (Å²) in [5.74, 6) is 1.07. The molecule has 1 aromatic heterocycles. The van der Waals surface area contributed by atoms with Crippen LogP contribution in [0.5, 0.6) is 5.75 Å². The highest BCUT2D eigenvalue weighted by Crippen LogP contribution is 2.55. The fourth-order valence-electron chi connectivity index (χ4n) is 6.39. The Morgan fingerprint density at radius 2 is 2.21 bits per heavy atom. The van der Waals surface area contributed by atoms with Gasteiger partial charge in [-0.05, 0) is 49.8 Å². The summed E-state index contributed by atoms with van der Waals surface area (Å²) in [4.78, 5) is 19.4. The monoisotopic (exact) mass is 384 g/mol. The van der Waals surface area contributed by atoms with E-state index in [-0.39, 0.29) is 17.9 Å². The minimum Gasteiger partial charge on any atom is -0.497 e. The van der Waals surface area contributed by atoms with Crippen molar-refractivity contribution >= 4 is 16.9 Å². The lowest BCUT2D eigenvalue weighted by molar-refractivity contribution is -0.166. The maximum absolute atomic E-state index is 13.4. The number of methoxy groups -OCH3 is 2. The Morgan fingerprint density at radius 1 is 1.39 bits per heavy atom. The fraction of sp³-hybridized carbons (Fsp3) is 0.591. The number of ether oxygens (including phenoxy) is 2. The van der Waals surface area contributed by atoms with Crippen molar-refractivity contribution in [1.29, 1.82) is 0 Å². The minimum absolute atomic E-state index is 0.0406. The van der Waals surface area contributed by atoms with Crippen LogP contribution in [0.2, 0.25) is 0 Å². The number of aliphatic hydroxyl groups is 1. The van der Waals surface area contributed by atoms with E-state index in [0.717, 1.165) is 54.7 Å². The van der Waals surface area contributed by atoms with Crippen molar-refractivity contribution < 1.29 is 19.4 Å². The number of aromatic nitrogens is 1. The second-order valence-corrected chi connectivity index (χ2v) is 8.75. The Balaban J connectivity index is 1.78. The first-order chi connectivity index (χ1) is 13.5. The van der Waals surface area contributed by atoms with Crippen molar-refractivity contribution in [2.24, 2.45) is 11.8 Å². The highest BCUT2D eigenvalue weighted by Gasteiger charge is 2.63. The molecule has 1 saturated carbocycles. The summed E-state index contributed by atoms with van der Waals surface area (Å²) in [6, 6.07) is 6.02. The number of aliphatic hydroxyl groups excluding tert-OH is 1. The van der Waals surface area contributed by atoms with Gasteiger partial charge in [-0.1, -0.05) is 0 Å². The average Bonchev–Trinajstić information content (AvgIpc) is 3.04. The van der Waals surface area contributed by atoms with Crippen molar-refractivity contribution in [1.82, 2.24) is 9.88 Å². The molecular weight excluding hydrogens is 356 g/mol. The van der Waals surface area contributed by atoms with Gasteiger partial charge in [-0.25, -0.2) is 0 Å². The first-order valence-electron chi connectivity index (χ1n) is 10.2. The molecule has 1 aromatic carbocycles. The van der Waals surface area contributed by atoms with Crippen molar-refractivity contribution in [3.63, 3.8) is 0 Å². The van der Waals surface area contributed by atoms with Crippen LogP contribution in [0.15, 0.2) is 18.2 Å². The van der Waals surface area contributed by atoms with Gasteiger partial charge in [-0.2, -0.15) is 0 Å². The summed E-state index contributed by atoms with van der Waals surface area (Å²) in [5, 5.41) is 11.7. The van der Waals surface area contributed by atoms with E-state index < -0.39 is 11.5 Å². The van der Waals surface area contributed by atoms with Gasteiger partial charge in [-0.3, -0.25) is 9.69 Å². The molecule has 4 heterocycles. The lowest BCUT2D eigenvalue weighted by Gasteiger charge is -2.58.